The highest BCUT2D eigenvalue weighted by Gasteiger charge is 2.45. The molecule has 5 rings (SSSR count). The lowest BCUT2D eigenvalue weighted by Gasteiger charge is -2.20. The zero-order valence-electron chi connectivity index (χ0n) is 11.0. The first kappa shape index (κ1) is 10.4. The van der Waals surface area contributed by atoms with Gasteiger partial charge in [-0.25, -0.2) is 9.97 Å². The van der Waals surface area contributed by atoms with Gasteiger partial charge in [0, 0.05) is 25.8 Å². The third kappa shape index (κ3) is 1.49. The molecule has 0 spiro atoms. The fourth-order valence-corrected chi connectivity index (χ4v) is 3.98. The van der Waals surface area contributed by atoms with Crippen LogP contribution in [0, 0.1) is 11.8 Å². The Morgan fingerprint density at radius 1 is 1.26 bits per heavy atom. The SMILES string of the molecule is c1cc2c3c(n1)nc(CN1CC4CC4C1)n3CCC2. The smallest absolute Gasteiger partial charge is 0.178 e. The summed E-state index contributed by atoms with van der Waals surface area (Å²) in [5.41, 5.74) is 3.68. The number of aryl methyl sites for hydroxylation is 2. The Balaban J connectivity index is 1.55. The molecule has 2 fully saturated rings. The van der Waals surface area contributed by atoms with Gasteiger partial charge >= 0.3 is 0 Å². The van der Waals surface area contributed by atoms with Crippen LogP contribution in [-0.4, -0.2) is 32.5 Å². The fourth-order valence-electron chi connectivity index (χ4n) is 3.98. The summed E-state index contributed by atoms with van der Waals surface area (Å²) in [7, 11) is 0. The minimum atomic E-state index is 0.955. The normalized spacial score (nSPS) is 28.8. The van der Waals surface area contributed by atoms with E-state index < -0.39 is 0 Å². The summed E-state index contributed by atoms with van der Waals surface area (Å²) in [6, 6.07) is 2.16. The molecule has 2 atom stereocenters. The third-order valence-electron chi connectivity index (χ3n) is 5.05. The van der Waals surface area contributed by atoms with E-state index in [1.807, 2.05) is 6.20 Å². The van der Waals surface area contributed by atoms with Crippen molar-refractivity contribution in [1.82, 2.24) is 19.4 Å². The van der Waals surface area contributed by atoms with Crippen molar-refractivity contribution in [3.8, 4) is 0 Å². The Morgan fingerprint density at radius 2 is 2.16 bits per heavy atom. The predicted octanol–water partition coefficient (Wildman–Crippen LogP) is 1.83. The number of nitrogens with zero attached hydrogens (tertiary/aromatic N) is 4. The monoisotopic (exact) mass is 254 g/mol. The van der Waals surface area contributed by atoms with Crippen molar-refractivity contribution >= 4 is 11.2 Å². The van der Waals surface area contributed by atoms with Gasteiger partial charge in [-0.15, -0.1) is 0 Å². The molecular formula is C15H18N4. The summed E-state index contributed by atoms with van der Waals surface area (Å²) in [6.45, 7) is 4.70. The average molecular weight is 254 g/mol. The maximum atomic E-state index is 4.80. The van der Waals surface area contributed by atoms with Crippen molar-refractivity contribution < 1.29 is 0 Å². The Bertz CT molecular complexity index is 649. The van der Waals surface area contributed by atoms with Crippen molar-refractivity contribution in [3.05, 3.63) is 23.7 Å². The molecule has 19 heavy (non-hydrogen) atoms. The van der Waals surface area contributed by atoms with Crippen LogP contribution in [0.4, 0.5) is 0 Å². The quantitative estimate of drug-likeness (QED) is 0.820. The van der Waals surface area contributed by atoms with Gasteiger partial charge in [0.25, 0.3) is 0 Å². The summed E-state index contributed by atoms with van der Waals surface area (Å²) < 4.78 is 2.42. The average Bonchev–Trinajstić information content (AvgIpc) is 2.88. The molecule has 3 aliphatic rings. The van der Waals surface area contributed by atoms with Gasteiger partial charge in [0.15, 0.2) is 5.65 Å². The minimum absolute atomic E-state index is 0.955. The lowest BCUT2D eigenvalue weighted by molar-refractivity contribution is 0.285. The van der Waals surface area contributed by atoms with E-state index in [4.69, 9.17) is 4.98 Å². The highest BCUT2D eigenvalue weighted by molar-refractivity contribution is 5.76. The number of pyridine rings is 1. The van der Waals surface area contributed by atoms with Crippen molar-refractivity contribution in [2.24, 2.45) is 11.8 Å². The van der Waals surface area contributed by atoms with E-state index in [0.717, 1.165) is 30.6 Å². The Morgan fingerprint density at radius 3 is 3.05 bits per heavy atom. The van der Waals surface area contributed by atoms with Gasteiger partial charge in [0.1, 0.15) is 5.82 Å². The number of likely N-dealkylation sites (tertiary alicyclic amines) is 1. The van der Waals surface area contributed by atoms with E-state index >= 15 is 0 Å². The highest BCUT2D eigenvalue weighted by Crippen LogP contribution is 2.45. The van der Waals surface area contributed by atoms with Crippen LogP contribution in [0.1, 0.15) is 24.2 Å². The Hall–Kier alpha value is -1.42. The molecule has 4 nitrogen and oxygen atoms in total. The number of aromatic nitrogens is 3. The standard InChI is InChI=1S/C15H18N4/c1-2-10-3-4-16-15-14(10)19(5-1)13(17-15)9-18-7-11-6-12(11)8-18/h3-4,11-12H,1-2,5-9H2. The zero-order valence-corrected chi connectivity index (χ0v) is 11.0. The molecule has 2 unspecified atom stereocenters. The van der Waals surface area contributed by atoms with Crippen LogP contribution in [0.3, 0.4) is 0 Å². The molecule has 4 heteroatoms. The summed E-state index contributed by atoms with van der Waals surface area (Å²) >= 11 is 0. The minimum Gasteiger partial charge on any atom is -0.325 e. The van der Waals surface area contributed by atoms with E-state index in [1.165, 1.54) is 49.3 Å². The topological polar surface area (TPSA) is 34.0 Å². The van der Waals surface area contributed by atoms with Crippen LogP contribution in [0.25, 0.3) is 11.2 Å². The lowest BCUT2D eigenvalue weighted by atomic mass is 10.1. The highest BCUT2D eigenvalue weighted by atomic mass is 15.2. The van der Waals surface area contributed by atoms with Gasteiger partial charge in [-0.05, 0) is 42.7 Å². The lowest BCUT2D eigenvalue weighted by Crippen LogP contribution is -2.24. The summed E-state index contributed by atoms with van der Waals surface area (Å²) in [4.78, 5) is 11.8. The molecule has 98 valence electrons. The van der Waals surface area contributed by atoms with E-state index in [0.29, 0.717) is 0 Å². The van der Waals surface area contributed by atoms with Crippen molar-refractivity contribution in [2.75, 3.05) is 13.1 Å². The maximum Gasteiger partial charge on any atom is 0.178 e. The molecule has 2 aromatic heterocycles. The predicted molar refractivity (Wildman–Crippen MR) is 72.7 cm³/mol. The Kier molecular flexibility index (Phi) is 1.95. The number of fused-ring (bicyclic) bond motifs is 1. The van der Waals surface area contributed by atoms with Gasteiger partial charge in [-0.1, -0.05) is 0 Å². The number of imidazole rings is 1. The van der Waals surface area contributed by atoms with Gasteiger partial charge in [0.05, 0.1) is 12.1 Å². The zero-order chi connectivity index (χ0) is 12.4. The molecule has 1 aliphatic carbocycles. The molecule has 1 saturated heterocycles. The van der Waals surface area contributed by atoms with Crippen LogP contribution in [0.2, 0.25) is 0 Å². The van der Waals surface area contributed by atoms with Gasteiger partial charge in [-0.2, -0.15) is 0 Å². The Labute approximate surface area is 112 Å². The van der Waals surface area contributed by atoms with Crippen LogP contribution < -0.4 is 0 Å². The molecular weight excluding hydrogens is 236 g/mol. The molecule has 0 bridgehead atoms. The van der Waals surface area contributed by atoms with Gasteiger partial charge in [0.2, 0.25) is 0 Å². The maximum absolute atomic E-state index is 4.80. The van der Waals surface area contributed by atoms with E-state index in [9.17, 15) is 0 Å². The summed E-state index contributed by atoms with van der Waals surface area (Å²) in [5.74, 6) is 3.23. The van der Waals surface area contributed by atoms with Crippen LogP contribution in [0.5, 0.6) is 0 Å². The summed E-state index contributed by atoms with van der Waals surface area (Å²) in [5, 5.41) is 0. The summed E-state index contributed by atoms with van der Waals surface area (Å²) in [6.07, 6.45) is 5.80. The first-order valence-corrected chi connectivity index (χ1v) is 7.44. The molecule has 2 aliphatic heterocycles. The fraction of sp³-hybridized carbons (Fsp3) is 0.600. The van der Waals surface area contributed by atoms with Crippen LogP contribution >= 0.6 is 0 Å². The second-order valence-corrected chi connectivity index (χ2v) is 6.38. The van der Waals surface area contributed by atoms with E-state index in [-0.39, 0.29) is 0 Å². The largest absolute Gasteiger partial charge is 0.325 e. The molecule has 1 saturated carbocycles. The van der Waals surface area contributed by atoms with Gasteiger partial charge in [-0.3, -0.25) is 4.90 Å². The van der Waals surface area contributed by atoms with E-state index in [1.54, 1.807) is 0 Å². The number of hydrogen-bond acceptors (Lipinski definition) is 3. The molecule has 0 amide bonds. The molecule has 2 aromatic rings. The van der Waals surface area contributed by atoms with Crippen molar-refractivity contribution in [3.63, 3.8) is 0 Å². The third-order valence-corrected chi connectivity index (χ3v) is 5.05. The molecule has 4 heterocycles. The first-order chi connectivity index (χ1) is 9.38. The number of piperidine rings is 1. The van der Waals surface area contributed by atoms with Crippen LogP contribution in [0.15, 0.2) is 12.3 Å². The van der Waals surface area contributed by atoms with Crippen molar-refractivity contribution in [1.29, 1.82) is 0 Å². The second-order valence-electron chi connectivity index (χ2n) is 6.38. The second kappa shape index (κ2) is 3.57. The van der Waals surface area contributed by atoms with Crippen LogP contribution in [-0.2, 0) is 19.5 Å². The molecule has 0 N–H and O–H groups in total. The van der Waals surface area contributed by atoms with Gasteiger partial charge < -0.3 is 4.57 Å². The van der Waals surface area contributed by atoms with Crippen molar-refractivity contribution in [2.45, 2.75) is 32.4 Å². The number of rotatable bonds is 2. The number of hydrogen-bond donors (Lipinski definition) is 0. The van der Waals surface area contributed by atoms with E-state index in [2.05, 4.69) is 20.5 Å². The molecule has 0 radical (unpaired) electrons. The molecule has 0 aromatic carbocycles. The first-order valence-electron chi connectivity index (χ1n) is 7.44.